The predicted molar refractivity (Wildman–Crippen MR) is 91.1 cm³/mol. The van der Waals surface area contributed by atoms with Gasteiger partial charge in [0.05, 0.1) is 24.9 Å². The molecule has 0 aromatic heterocycles. The molecule has 3 rings (SSSR count). The molecular formula is C18H26N2O4. The van der Waals surface area contributed by atoms with Crippen molar-refractivity contribution in [3.63, 3.8) is 0 Å². The van der Waals surface area contributed by atoms with Gasteiger partial charge in [0.25, 0.3) is 0 Å². The Hall–Kier alpha value is -1.79. The van der Waals surface area contributed by atoms with Crippen LogP contribution in [0.5, 0.6) is 0 Å². The number of aliphatic hydroxyl groups is 1. The number of benzene rings is 1. The summed E-state index contributed by atoms with van der Waals surface area (Å²) < 4.78 is 11.0. The highest BCUT2D eigenvalue weighted by Crippen LogP contribution is 2.39. The molecule has 24 heavy (non-hydrogen) atoms. The fourth-order valence-corrected chi connectivity index (χ4v) is 3.15. The average Bonchev–Trinajstić information content (AvgIpc) is 2.49. The topological polar surface area (TPSA) is 79.8 Å². The zero-order valence-electron chi connectivity index (χ0n) is 14.5. The van der Waals surface area contributed by atoms with Crippen LogP contribution in [0.3, 0.4) is 0 Å². The van der Waals surface area contributed by atoms with Crippen LogP contribution in [0.2, 0.25) is 0 Å². The Bertz CT molecular complexity index is 612. The van der Waals surface area contributed by atoms with Crippen molar-refractivity contribution in [1.29, 1.82) is 0 Å². The first-order valence-corrected chi connectivity index (χ1v) is 8.48. The van der Waals surface area contributed by atoms with Gasteiger partial charge < -0.3 is 25.2 Å². The maximum absolute atomic E-state index is 11.7. The minimum atomic E-state index is -0.485. The highest BCUT2D eigenvalue weighted by atomic mass is 16.6. The third-order valence-corrected chi connectivity index (χ3v) is 4.29. The van der Waals surface area contributed by atoms with Crippen molar-refractivity contribution in [2.75, 3.05) is 18.5 Å². The molecule has 1 aromatic carbocycles. The van der Waals surface area contributed by atoms with E-state index in [0.717, 1.165) is 29.7 Å². The molecule has 0 radical (unpaired) electrons. The van der Waals surface area contributed by atoms with Crippen molar-refractivity contribution in [2.45, 2.75) is 57.5 Å². The van der Waals surface area contributed by atoms with E-state index in [-0.39, 0.29) is 12.1 Å². The molecular weight excluding hydrogens is 308 g/mol. The fraction of sp³-hybridized carbons (Fsp3) is 0.611. The Morgan fingerprint density at radius 1 is 1.46 bits per heavy atom. The summed E-state index contributed by atoms with van der Waals surface area (Å²) in [7, 11) is 0. The highest BCUT2D eigenvalue weighted by molar-refractivity contribution is 5.67. The number of carbonyl (C=O) groups is 1. The van der Waals surface area contributed by atoms with Crippen LogP contribution in [0, 0.1) is 0 Å². The second-order valence-electron chi connectivity index (χ2n) is 7.48. The Labute approximate surface area is 142 Å². The molecule has 1 fully saturated rings. The summed E-state index contributed by atoms with van der Waals surface area (Å²) >= 11 is 0. The molecule has 0 spiro atoms. The Balaban J connectivity index is 1.58. The SMILES string of the molecule is CC(C)(C)OC(=O)NCCc1ccc2c(c1)[C@@H]1CC(N2)[C@H](O)CO1. The van der Waals surface area contributed by atoms with Gasteiger partial charge in [0, 0.05) is 24.2 Å². The van der Waals surface area contributed by atoms with Gasteiger partial charge in [-0.1, -0.05) is 12.1 Å². The van der Waals surface area contributed by atoms with Crippen molar-refractivity contribution in [1.82, 2.24) is 5.32 Å². The zero-order chi connectivity index (χ0) is 17.3. The molecule has 6 heteroatoms. The lowest BCUT2D eigenvalue weighted by molar-refractivity contribution is -0.0672. The molecule has 3 N–H and O–H groups in total. The van der Waals surface area contributed by atoms with E-state index in [1.807, 2.05) is 32.9 Å². The standard InChI is InChI=1S/C18H26N2O4/c1-18(2,3)24-17(22)19-7-6-11-4-5-13-12(8-11)16-9-14(20-13)15(21)10-23-16/h4-5,8,14-16,20-21H,6-7,9-10H2,1-3H3,(H,19,22)/t14?,15-,16+/m1/s1. The van der Waals surface area contributed by atoms with Crippen molar-refractivity contribution >= 4 is 11.8 Å². The summed E-state index contributed by atoms with van der Waals surface area (Å²) in [5.41, 5.74) is 2.81. The van der Waals surface area contributed by atoms with Crippen molar-refractivity contribution in [3.05, 3.63) is 29.3 Å². The first kappa shape index (κ1) is 17.0. The average molecular weight is 334 g/mol. The second kappa shape index (κ2) is 6.61. The molecule has 2 bridgehead atoms. The van der Waals surface area contributed by atoms with Crippen molar-refractivity contribution in [2.24, 2.45) is 0 Å². The number of anilines is 1. The summed E-state index contributed by atoms with van der Waals surface area (Å²) in [4.78, 5) is 11.7. The molecule has 1 saturated heterocycles. The Morgan fingerprint density at radius 3 is 3.00 bits per heavy atom. The molecule has 1 aromatic rings. The van der Waals surface area contributed by atoms with Crippen LogP contribution in [-0.4, -0.2) is 42.1 Å². The number of hydrogen-bond acceptors (Lipinski definition) is 5. The van der Waals surface area contributed by atoms with Gasteiger partial charge in [0.15, 0.2) is 0 Å². The maximum Gasteiger partial charge on any atom is 0.407 e. The van der Waals surface area contributed by atoms with Crippen molar-refractivity contribution < 1.29 is 19.4 Å². The van der Waals surface area contributed by atoms with Crippen molar-refractivity contribution in [3.8, 4) is 0 Å². The number of alkyl carbamates (subject to hydrolysis) is 1. The number of aliphatic hydroxyl groups excluding tert-OH is 1. The van der Waals surface area contributed by atoms with Crippen LogP contribution in [-0.2, 0) is 15.9 Å². The molecule has 1 amide bonds. The number of amides is 1. The number of hydrogen-bond donors (Lipinski definition) is 3. The smallest absolute Gasteiger partial charge is 0.407 e. The molecule has 6 nitrogen and oxygen atoms in total. The number of ether oxygens (including phenoxy) is 2. The van der Waals surface area contributed by atoms with Crippen LogP contribution in [0.1, 0.15) is 44.4 Å². The minimum Gasteiger partial charge on any atom is -0.444 e. The maximum atomic E-state index is 11.7. The number of fused-ring (bicyclic) bond motifs is 4. The molecule has 132 valence electrons. The first-order chi connectivity index (χ1) is 11.3. The third-order valence-electron chi connectivity index (χ3n) is 4.29. The summed E-state index contributed by atoms with van der Waals surface area (Å²) in [6.45, 7) is 6.42. The molecule has 2 aliphatic rings. The summed E-state index contributed by atoms with van der Waals surface area (Å²) in [5, 5.41) is 16.1. The van der Waals surface area contributed by atoms with Crippen LogP contribution in [0.15, 0.2) is 18.2 Å². The summed E-state index contributed by atoms with van der Waals surface area (Å²) in [6, 6.07) is 6.25. The first-order valence-electron chi connectivity index (χ1n) is 8.48. The number of carbonyl (C=O) groups excluding carboxylic acids is 1. The third kappa shape index (κ3) is 3.99. The van der Waals surface area contributed by atoms with E-state index >= 15 is 0 Å². The van der Waals surface area contributed by atoms with E-state index in [9.17, 15) is 9.90 Å². The number of nitrogens with one attached hydrogen (secondary N) is 2. The Kier molecular flexibility index (Phi) is 4.69. The van der Waals surface area contributed by atoms with Gasteiger partial charge in [-0.25, -0.2) is 4.79 Å². The van der Waals surface area contributed by atoms with Gasteiger partial charge >= 0.3 is 6.09 Å². The molecule has 0 saturated carbocycles. The van der Waals surface area contributed by atoms with E-state index in [2.05, 4.69) is 16.7 Å². The fourth-order valence-electron chi connectivity index (χ4n) is 3.15. The van der Waals surface area contributed by atoms with Crippen LogP contribution in [0.25, 0.3) is 0 Å². The monoisotopic (exact) mass is 334 g/mol. The summed E-state index contributed by atoms with van der Waals surface area (Å²) in [5.74, 6) is 0. The largest absolute Gasteiger partial charge is 0.444 e. The van der Waals surface area contributed by atoms with Gasteiger partial charge in [-0.15, -0.1) is 0 Å². The van der Waals surface area contributed by atoms with Crippen LogP contribution >= 0.6 is 0 Å². The second-order valence-corrected chi connectivity index (χ2v) is 7.48. The van der Waals surface area contributed by atoms with Gasteiger partial charge in [-0.3, -0.25) is 0 Å². The molecule has 0 aliphatic carbocycles. The van der Waals surface area contributed by atoms with E-state index in [0.29, 0.717) is 13.2 Å². The highest BCUT2D eigenvalue weighted by Gasteiger charge is 2.36. The van der Waals surface area contributed by atoms with E-state index in [4.69, 9.17) is 9.47 Å². The molecule has 2 aliphatic heterocycles. The van der Waals surface area contributed by atoms with E-state index < -0.39 is 17.8 Å². The lowest BCUT2D eigenvalue weighted by atomic mass is 9.89. The van der Waals surface area contributed by atoms with Crippen LogP contribution in [0.4, 0.5) is 10.5 Å². The van der Waals surface area contributed by atoms with Gasteiger partial charge in [0.1, 0.15) is 5.60 Å². The predicted octanol–water partition coefficient (Wildman–Crippen LogP) is 2.37. The molecule has 3 atom stereocenters. The van der Waals surface area contributed by atoms with Gasteiger partial charge in [-0.2, -0.15) is 0 Å². The van der Waals surface area contributed by atoms with E-state index in [1.54, 1.807) is 0 Å². The zero-order valence-corrected chi connectivity index (χ0v) is 14.5. The quantitative estimate of drug-likeness (QED) is 0.791. The summed E-state index contributed by atoms with van der Waals surface area (Å²) in [6.07, 6.45) is 0.703. The minimum absolute atomic E-state index is 0.0356. The lowest BCUT2D eigenvalue weighted by Gasteiger charge is -2.40. The normalized spacial score (nSPS) is 25.4. The van der Waals surface area contributed by atoms with E-state index in [1.165, 1.54) is 0 Å². The molecule has 1 unspecified atom stereocenters. The number of rotatable bonds is 3. The molecule has 2 heterocycles. The van der Waals surface area contributed by atoms with Crippen LogP contribution < -0.4 is 10.6 Å². The van der Waals surface area contributed by atoms with Gasteiger partial charge in [-0.05, 0) is 38.8 Å². The Morgan fingerprint density at radius 2 is 2.25 bits per heavy atom. The van der Waals surface area contributed by atoms with Gasteiger partial charge in [0.2, 0.25) is 0 Å². The lowest BCUT2D eigenvalue weighted by Crippen LogP contribution is -2.46.